The van der Waals surface area contributed by atoms with Crippen molar-refractivity contribution in [3.05, 3.63) is 35.0 Å². The van der Waals surface area contributed by atoms with Crippen molar-refractivity contribution >= 4 is 69.8 Å². The van der Waals surface area contributed by atoms with Crippen LogP contribution in [0.5, 0.6) is 0 Å². The molecule has 10 nitrogen and oxygen atoms in total. The largest absolute Gasteiger partial charge is 0.389 e. The molecule has 0 aliphatic heterocycles. The van der Waals surface area contributed by atoms with Gasteiger partial charge in [0, 0.05) is 14.1 Å². The van der Waals surface area contributed by atoms with E-state index < -0.39 is 58.4 Å². The number of likely N-dealkylation sites (N-methyl/N-ethyl adjacent to an activating group) is 2. The third kappa shape index (κ3) is 9.48. The summed E-state index contributed by atoms with van der Waals surface area (Å²) in [5.74, 6) is -2.58. The lowest BCUT2D eigenvalue weighted by Gasteiger charge is -2.32. The summed E-state index contributed by atoms with van der Waals surface area (Å²) in [6, 6.07) is 5.39. The molecular formula is C26H38N4O6S4. The fourth-order valence-electron chi connectivity index (χ4n) is 3.68. The van der Waals surface area contributed by atoms with Crippen LogP contribution >= 0.6 is 46.2 Å². The van der Waals surface area contributed by atoms with Crippen molar-refractivity contribution in [2.24, 2.45) is 11.8 Å². The number of rotatable bonds is 15. The molecule has 2 aromatic heterocycles. The van der Waals surface area contributed by atoms with Crippen LogP contribution in [0.15, 0.2) is 43.4 Å². The van der Waals surface area contributed by atoms with Crippen LogP contribution in [0.3, 0.4) is 0 Å². The van der Waals surface area contributed by atoms with Gasteiger partial charge >= 0.3 is 0 Å². The minimum absolute atomic E-state index is 0.246. The van der Waals surface area contributed by atoms with Crippen LogP contribution in [-0.2, 0) is 19.2 Å². The molecule has 0 spiro atoms. The first-order chi connectivity index (χ1) is 18.9. The van der Waals surface area contributed by atoms with E-state index in [0.29, 0.717) is 8.42 Å². The van der Waals surface area contributed by atoms with E-state index in [1.807, 2.05) is 10.8 Å². The topological polar surface area (TPSA) is 157 Å². The van der Waals surface area contributed by atoms with E-state index in [2.05, 4.69) is 21.3 Å². The van der Waals surface area contributed by atoms with E-state index in [0.717, 1.165) is 23.5 Å². The van der Waals surface area contributed by atoms with Crippen molar-refractivity contribution in [3.63, 3.8) is 0 Å². The molecule has 0 aromatic carbocycles. The molecule has 40 heavy (non-hydrogen) atoms. The number of carbonyl (C=O) groups is 4. The van der Waals surface area contributed by atoms with Gasteiger partial charge in [-0.15, -0.1) is 22.7 Å². The molecule has 222 valence electrons. The van der Waals surface area contributed by atoms with Crippen LogP contribution in [0.25, 0.3) is 0 Å². The summed E-state index contributed by atoms with van der Waals surface area (Å²) < 4.78 is 1.41. The van der Waals surface area contributed by atoms with E-state index in [-0.39, 0.29) is 11.8 Å². The average Bonchev–Trinajstić information content (AvgIpc) is 3.64. The number of carbonyl (C=O) groups excluding carboxylic acids is 4. The summed E-state index contributed by atoms with van der Waals surface area (Å²) in [4.78, 5) is 51.9. The van der Waals surface area contributed by atoms with Gasteiger partial charge in [-0.3, -0.25) is 19.2 Å². The smallest absolute Gasteiger partial charge is 0.242 e. The van der Waals surface area contributed by atoms with Crippen LogP contribution < -0.4 is 21.3 Å². The molecule has 4 amide bonds. The van der Waals surface area contributed by atoms with Gasteiger partial charge in [-0.2, -0.15) is 0 Å². The van der Waals surface area contributed by atoms with Gasteiger partial charge in [0.1, 0.15) is 34.8 Å². The monoisotopic (exact) mass is 630 g/mol. The molecule has 2 aromatic rings. The molecule has 14 heteroatoms. The van der Waals surface area contributed by atoms with E-state index in [1.54, 1.807) is 52.0 Å². The summed E-state index contributed by atoms with van der Waals surface area (Å²) in [6.45, 7) is 7.12. The second kappa shape index (κ2) is 16.4. The summed E-state index contributed by atoms with van der Waals surface area (Å²) >= 11 is 4.79. The predicted molar refractivity (Wildman–Crippen MR) is 162 cm³/mol. The van der Waals surface area contributed by atoms with Gasteiger partial charge in [0.15, 0.2) is 0 Å². The Morgan fingerprint density at radius 1 is 0.675 bits per heavy atom. The average molecular weight is 631 g/mol. The fourth-order valence-corrected chi connectivity index (χ4v) is 7.74. The highest BCUT2D eigenvalue weighted by molar-refractivity contribution is 8.02. The first kappa shape index (κ1) is 34.1. The lowest BCUT2D eigenvalue weighted by atomic mass is 10.0. The van der Waals surface area contributed by atoms with Crippen LogP contribution in [0, 0.1) is 11.8 Å². The van der Waals surface area contributed by atoms with Gasteiger partial charge in [0.2, 0.25) is 23.6 Å². The van der Waals surface area contributed by atoms with E-state index >= 15 is 0 Å². The quantitative estimate of drug-likeness (QED) is 0.163. The summed E-state index contributed by atoms with van der Waals surface area (Å²) in [5, 5.41) is 34.5. The molecule has 0 aliphatic rings. The fraction of sp³-hybridized carbons (Fsp3) is 0.538. The van der Waals surface area contributed by atoms with Gasteiger partial charge < -0.3 is 31.5 Å². The van der Waals surface area contributed by atoms with E-state index in [1.165, 1.54) is 36.8 Å². The Bertz CT molecular complexity index is 1010. The third-order valence-electron chi connectivity index (χ3n) is 5.95. The van der Waals surface area contributed by atoms with Crippen LogP contribution in [0.4, 0.5) is 0 Å². The number of thioether (sulfide) groups is 2. The molecule has 0 radical (unpaired) electrons. The Morgan fingerprint density at radius 2 is 1.02 bits per heavy atom. The van der Waals surface area contributed by atoms with Crippen LogP contribution in [-0.4, -0.2) is 82.7 Å². The number of nitrogens with one attached hydrogen (secondary N) is 4. The molecular weight excluding hydrogens is 593 g/mol. The minimum atomic E-state index is -1.70. The Kier molecular flexibility index (Phi) is 14.0. The molecule has 0 unspecified atom stereocenters. The zero-order valence-corrected chi connectivity index (χ0v) is 26.5. The maximum atomic E-state index is 13.5. The summed E-state index contributed by atoms with van der Waals surface area (Å²) in [5.41, 5.74) is 0. The van der Waals surface area contributed by atoms with Gasteiger partial charge in [0.05, 0.1) is 8.42 Å². The second-order valence-electron chi connectivity index (χ2n) is 9.61. The maximum absolute atomic E-state index is 13.5. The number of thiophene rings is 2. The summed E-state index contributed by atoms with van der Waals surface area (Å²) in [6.07, 6.45) is -3.41. The highest BCUT2D eigenvalue weighted by atomic mass is 32.2. The van der Waals surface area contributed by atoms with Crippen molar-refractivity contribution < 1.29 is 29.4 Å². The molecule has 0 saturated heterocycles. The summed E-state index contributed by atoms with van der Waals surface area (Å²) in [7, 11) is 2.93. The molecule has 2 rings (SSSR count). The van der Waals surface area contributed by atoms with Gasteiger partial charge in [0.25, 0.3) is 0 Å². The second-order valence-corrected chi connectivity index (χ2v) is 14.4. The molecule has 2 heterocycles. The number of aliphatic hydroxyl groups excluding tert-OH is 2. The van der Waals surface area contributed by atoms with Crippen molar-refractivity contribution in [1.29, 1.82) is 0 Å². The maximum Gasteiger partial charge on any atom is 0.242 e. The van der Waals surface area contributed by atoms with Crippen LogP contribution in [0.2, 0.25) is 0 Å². The minimum Gasteiger partial charge on any atom is -0.389 e. The van der Waals surface area contributed by atoms with Crippen LogP contribution in [0.1, 0.15) is 27.7 Å². The molecule has 0 fully saturated rings. The number of aliphatic hydroxyl groups is 2. The highest BCUT2D eigenvalue weighted by Crippen LogP contribution is 2.35. The Morgan fingerprint density at radius 3 is 1.27 bits per heavy atom. The lowest BCUT2D eigenvalue weighted by molar-refractivity contribution is -0.133. The normalized spacial score (nSPS) is 15.9. The Labute approximate surface area is 251 Å². The van der Waals surface area contributed by atoms with E-state index in [4.69, 9.17) is 0 Å². The van der Waals surface area contributed by atoms with E-state index in [9.17, 15) is 29.4 Å². The zero-order chi connectivity index (χ0) is 30.0. The van der Waals surface area contributed by atoms with Crippen molar-refractivity contribution in [2.75, 3.05) is 14.1 Å². The predicted octanol–water partition coefficient (Wildman–Crippen LogP) is 1.93. The van der Waals surface area contributed by atoms with Crippen molar-refractivity contribution in [3.8, 4) is 0 Å². The number of hydrogen-bond acceptors (Lipinski definition) is 10. The SMILES string of the molecule is CNC(=O)[C@@H](NC(=O)[C@H](Sc1cccs1)[C@H](O)[C@@H](O)[C@@H](Sc1cccs1)C(=O)N[C@H](C(=O)NC)C(C)C)C(C)C. The number of amides is 4. The Hall–Kier alpha value is -2.10. The first-order valence-electron chi connectivity index (χ1n) is 12.7. The third-order valence-corrected chi connectivity index (χ3v) is 10.7. The molecule has 6 atom stereocenters. The van der Waals surface area contributed by atoms with Crippen molar-refractivity contribution in [2.45, 2.75) is 70.9 Å². The zero-order valence-electron chi connectivity index (χ0n) is 23.2. The van der Waals surface area contributed by atoms with Crippen molar-refractivity contribution in [1.82, 2.24) is 21.3 Å². The number of hydrogen-bond donors (Lipinski definition) is 6. The lowest BCUT2D eigenvalue weighted by Crippen LogP contribution is -2.58. The molecule has 0 bridgehead atoms. The standard InChI is InChI=1S/C26H38N4O6S4/c1-13(2)17(23(33)27-5)29-25(35)21(39-15-9-7-11-37-15)19(31)20(32)22(40-16-10-8-12-38-16)26(36)30-18(14(3)4)24(34)28-6/h7-14,17-22,31-32H,1-6H3,(H,27,33)(H,28,34)(H,29,35)(H,30,36)/t17-,18-,19+,20+,21+,22+/m0/s1. The highest BCUT2D eigenvalue weighted by Gasteiger charge is 2.42. The molecule has 6 N–H and O–H groups in total. The van der Waals surface area contributed by atoms with Gasteiger partial charge in [-0.25, -0.2) is 0 Å². The first-order valence-corrected chi connectivity index (χ1v) is 16.2. The molecule has 0 saturated carbocycles. The Balaban J connectivity index is 2.41. The van der Waals surface area contributed by atoms with Gasteiger partial charge in [-0.1, -0.05) is 63.4 Å². The van der Waals surface area contributed by atoms with Gasteiger partial charge in [-0.05, 0) is 34.7 Å². The molecule has 0 aliphatic carbocycles.